The number of phosphoric acid groups is 2. The molecule has 346 valence electrons. The Kier molecular flexibility index (Phi) is 12.3. The van der Waals surface area contributed by atoms with E-state index in [1.54, 1.807) is 48.5 Å². The predicted octanol–water partition coefficient (Wildman–Crippen LogP) is 2.02. The molecule has 10 atom stereocenters. The molecule has 5 heterocycles. The Morgan fingerprint density at radius 1 is 0.818 bits per heavy atom. The first-order valence-corrected chi connectivity index (χ1v) is 22.6. The Bertz CT molecular complexity index is 3080. The lowest BCUT2D eigenvalue weighted by molar-refractivity contribution is -0.115. The summed E-state index contributed by atoms with van der Waals surface area (Å²) < 4.78 is 68.6. The van der Waals surface area contributed by atoms with E-state index in [2.05, 4.69) is 24.3 Å². The summed E-state index contributed by atoms with van der Waals surface area (Å²) in [6.07, 6.45) is -11.0. The number of imidazole rings is 1. The molecule has 4 aliphatic rings. The monoisotopic (exact) mass is 952 g/mol. The molecule has 1 aliphatic carbocycles. The third-order valence-corrected chi connectivity index (χ3v) is 13.1. The molecule has 5 aromatic rings. The number of nitrogens with two attached hydrogens (primary N) is 2. The second-order valence-electron chi connectivity index (χ2n) is 14.9. The van der Waals surface area contributed by atoms with Gasteiger partial charge in [0.2, 0.25) is 6.29 Å². The lowest BCUT2D eigenvalue weighted by Gasteiger charge is -2.20. The number of carbonyl (C=O) groups is 1. The molecule has 10 N–H and O–H groups in total. The van der Waals surface area contributed by atoms with E-state index in [1.165, 1.54) is 23.0 Å². The van der Waals surface area contributed by atoms with E-state index in [0.717, 1.165) is 6.33 Å². The van der Waals surface area contributed by atoms with Gasteiger partial charge in [0.15, 0.2) is 29.0 Å². The number of aliphatic hydroxyl groups is 4. The van der Waals surface area contributed by atoms with E-state index in [9.17, 15) is 44.1 Å². The number of hydrogen-bond donors (Lipinski definition) is 8. The summed E-state index contributed by atoms with van der Waals surface area (Å²) in [5, 5.41) is 44.0. The van der Waals surface area contributed by atoms with E-state index in [1.807, 2.05) is 12.1 Å². The van der Waals surface area contributed by atoms with E-state index in [0.29, 0.717) is 49.9 Å². The van der Waals surface area contributed by atoms with Gasteiger partial charge in [-0.3, -0.25) is 13.6 Å². The van der Waals surface area contributed by atoms with Crippen LogP contribution in [-0.2, 0) is 43.3 Å². The predicted molar refractivity (Wildman–Crippen MR) is 224 cm³/mol. The summed E-state index contributed by atoms with van der Waals surface area (Å²) in [4.78, 5) is 54.1. The van der Waals surface area contributed by atoms with Gasteiger partial charge in [0.05, 0.1) is 24.9 Å². The summed E-state index contributed by atoms with van der Waals surface area (Å²) in [7, 11) is -10.9. The fourth-order valence-electron chi connectivity index (χ4n) is 7.23. The van der Waals surface area contributed by atoms with Crippen molar-refractivity contribution in [2.45, 2.75) is 55.7 Å². The summed E-state index contributed by atoms with van der Waals surface area (Å²) in [5.74, 6) is 0.568. The number of aromatic nitrogens is 5. The smallest absolute Gasteiger partial charge is 0.462 e. The highest BCUT2D eigenvalue weighted by Crippen LogP contribution is 2.60. The molecule has 2 saturated heterocycles. The number of phosphoric ester groups is 2. The first kappa shape index (κ1) is 45.1. The molecular formula is C39H38N8O17P2. The summed E-state index contributed by atoms with van der Waals surface area (Å²) >= 11 is 0. The van der Waals surface area contributed by atoms with Crippen LogP contribution >= 0.6 is 15.6 Å². The second kappa shape index (κ2) is 18.0. The minimum atomic E-state index is -5.44. The van der Waals surface area contributed by atoms with Crippen molar-refractivity contribution in [2.24, 2.45) is 4.99 Å². The van der Waals surface area contributed by atoms with Crippen LogP contribution in [0.3, 0.4) is 0 Å². The lowest BCUT2D eigenvalue weighted by atomic mass is 10.0. The third kappa shape index (κ3) is 9.34. The van der Waals surface area contributed by atoms with Crippen LogP contribution in [0.25, 0.3) is 44.5 Å². The highest BCUT2D eigenvalue weighted by atomic mass is 31.3. The number of amides is 1. The van der Waals surface area contributed by atoms with Crippen molar-refractivity contribution in [3.8, 4) is 17.2 Å². The van der Waals surface area contributed by atoms with E-state index >= 15 is 0 Å². The van der Waals surface area contributed by atoms with Crippen molar-refractivity contribution < 1.29 is 80.9 Å². The van der Waals surface area contributed by atoms with Gasteiger partial charge >= 0.3 is 21.7 Å². The molecule has 2 fully saturated rings. The van der Waals surface area contributed by atoms with Gasteiger partial charge < -0.3 is 65.0 Å². The standard InChI is InChI=1S/C39H38N8O17P2/c40-19-7-10-23-25(11-19)61-26-12-24(21-3-1-2-4-22(21)29(26)45-23)46-39(52)57-13-18-5-8-20(9-6-18)60-38-34(51)32(49)28(63-38)15-59-66(55,56)64-65(53,54)58-14-27-31(48)33(50)37(62-27)47-17-44-30-35(41)42-16-43-36(30)47/h1-12,16-17,27-28,31-34,37-38,48-51H,13-15,40H2,(H,53,54)(H,55,56)(H2,41,42,43)/t27?,28-,31-,32?,33-,34?,37?,38?/m1/s1. The van der Waals surface area contributed by atoms with Crippen LogP contribution in [0.15, 0.2) is 94.9 Å². The Hall–Kier alpha value is -6.02. The molecule has 66 heavy (non-hydrogen) atoms. The summed E-state index contributed by atoms with van der Waals surface area (Å²) in [6, 6.07) is 20.0. The molecule has 0 spiro atoms. The molecule has 27 heteroatoms. The molecular weight excluding hydrogens is 914 g/mol. The Balaban J connectivity index is 0.758. The van der Waals surface area contributed by atoms with Gasteiger partial charge in [-0.05, 0) is 29.8 Å². The highest BCUT2D eigenvalue weighted by molar-refractivity contribution is 7.61. The minimum absolute atomic E-state index is 0.0410. The third-order valence-electron chi connectivity index (χ3n) is 10.5. The lowest BCUT2D eigenvalue weighted by Crippen LogP contribution is -2.35. The van der Waals surface area contributed by atoms with Crippen molar-refractivity contribution in [3.63, 3.8) is 0 Å². The normalized spacial score (nSPS) is 25.4. The summed E-state index contributed by atoms with van der Waals surface area (Å²) in [6.45, 7) is -2.05. The van der Waals surface area contributed by atoms with E-state index in [4.69, 9.17) is 48.9 Å². The largest absolute Gasteiger partial charge is 0.481 e. The number of aliphatic hydroxyl groups excluding tert-OH is 4. The zero-order chi connectivity index (χ0) is 46.5. The highest BCUT2D eigenvalue weighted by Gasteiger charge is 2.48. The maximum absolute atomic E-state index is 12.9. The van der Waals surface area contributed by atoms with Crippen LogP contribution in [0, 0.1) is 0 Å². The summed E-state index contributed by atoms with van der Waals surface area (Å²) in [5.41, 5.74) is 14.7. The van der Waals surface area contributed by atoms with Crippen molar-refractivity contribution in [3.05, 3.63) is 96.4 Å². The number of benzene rings is 4. The van der Waals surface area contributed by atoms with Crippen LogP contribution in [0.4, 0.5) is 16.3 Å². The molecule has 0 saturated carbocycles. The Labute approximate surface area is 369 Å². The van der Waals surface area contributed by atoms with Gasteiger partial charge in [-0.1, -0.05) is 36.4 Å². The molecule has 7 unspecified atom stereocenters. The second-order valence-corrected chi connectivity index (χ2v) is 18.0. The topological polar surface area (TPSA) is 371 Å². The minimum Gasteiger partial charge on any atom is -0.462 e. The average molecular weight is 953 g/mol. The van der Waals surface area contributed by atoms with Crippen molar-refractivity contribution in [2.75, 3.05) is 24.7 Å². The Morgan fingerprint density at radius 3 is 2.26 bits per heavy atom. The average Bonchev–Trinajstić information content (AvgIpc) is 3.93. The molecule has 9 rings (SSSR count). The van der Waals surface area contributed by atoms with Crippen LogP contribution in [0.2, 0.25) is 0 Å². The number of rotatable bonds is 13. The van der Waals surface area contributed by atoms with Crippen LogP contribution in [0.5, 0.6) is 5.75 Å². The number of ether oxygens (including phenoxy) is 4. The number of anilines is 2. The van der Waals surface area contributed by atoms with Gasteiger partial charge in [0.1, 0.15) is 72.0 Å². The fourth-order valence-corrected chi connectivity index (χ4v) is 9.33. The molecule has 0 bridgehead atoms. The first-order chi connectivity index (χ1) is 31.5. The zero-order valence-electron chi connectivity index (χ0n) is 33.7. The van der Waals surface area contributed by atoms with E-state index in [-0.39, 0.29) is 29.3 Å². The number of nitrogen functional groups attached to an aromatic ring is 2. The van der Waals surface area contributed by atoms with Gasteiger partial charge in [0.25, 0.3) is 0 Å². The molecule has 25 nitrogen and oxygen atoms in total. The molecule has 1 amide bonds. The number of fused-ring (bicyclic) bond motifs is 5. The van der Waals surface area contributed by atoms with Crippen molar-refractivity contribution in [1.29, 1.82) is 0 Å². The molecule has 2 aromatic heterocycles. The van der Waals surface area contributed by atoms with Crippen LogP contribution < -0.4 is 21.6 Å². The van der Waals surface area contributed by atoms with Gasteiger partial charge in [0, 0.05) is 28.6 Å². The molecule has 0 radical (unpaired) electrons. The first-order valence-electron chi connectivity index (χ1n) is 19.6. The zero-order valence-corrected chi connectivity index (χ0v) is 35.5. The van der Waals surface area contributed by atoms with Crippen molar-refractivity contribution in [1.82, 2.24) is 24.5 Å². The fraction of sp³-hybridized carbons (Fsp3) is 0.282. The van der Waals surface area contributed by atoms with E-state index < -0.39 is 84.1 Å². The van der Waals surface area contributed by atoms with Gasteiger partial charge in [-0.2, -0.15) is 9.30 Å². The number of nitrogens with zero attached hydrogens (tertiary/aromatic N) is 6. The maximum Gasteiger partial charge on any atom is 0.481 e. The van der Waals surface area contributed by atoms with Crippen molar-refractivity contribution >= 4 is 66.3 Å². The number of hydrogen-bond acceptors (Lipinski definition) is 21. The molecule has 3 aromatic carbocycles. The van der Waals surface area contributed by atoms with Gasteiger partial charge in [-0.15, -0.1) is 0 Å². The number of carbonyl (C=O) groups excluding carboxylic acids is 1. The molecule has 3 aliphatic heterocycles. The van der Waals surface area contributed by atoms with Crippen LogP contribution in [-0.4, -0.2) is 117 Å². The van der Waals surface area contributed by atoms with Gasteiger partial charge in [-0.25, -0.2) is 33.9 Å². The van der Waals surface area contributed by atoms with Crippen LogP contribution in [0.1, 0.15) is 11.8 Å². The SMILES string of the molecule is Nc1ccc2nc3c4ccccc4c(=NC(=O)OCc4ccc(OC5O[C@H](COP(=O)(O)OP(=O)(O)OCC6OC(n7cnc8c(N)ncnc87)[C@H](O)[C@@H]6O)C(O)C5O)cc4)cc-3oc2c1. The Morgan fingerprint density at radius 2 is 1.52 bits per heavy atom. The maximum atomic E-state index is 12.9. The quantitative estimate of drug-likeness (QED) is 0.0355.